The van der Waals surface area contributed by atoms with E-state index in [1.54, 1.807) is 0 Å². The largest absolute Gasteiger partial charge is 0.394 e. The lowest BCUT2D eigenvalue weighted by Crippen LogP contribution is -2.10. The van der Waals surface area contributed by atoms with Gasteiger partial charge in [-0.15, -0.1) is 0 Å². The molecule has 0 radical (unpaired) electrons. The van der Waals surface area contributed by atoms with Crippen LogP contribution in [0.5, 0.6) is 0 Å². The smallest absolute Gasteiger partial charge is 0.0770 e. The van der Waals surface area contributed by atoms with E-state index in [0.717, 1.165) is 0 Å². The van der Waals surface area contributed by atoms with Crippen molar-refractivity contribution in [1.82, 2.24) is 0 Å². The van der Waals surface area contributed by atoms with Crippen molar-refractivity contribution in [2.75, 3.05) is 6.61 Å². The number of aliphatic hydroxyl groups excluding tert-OH is 2. The van der Waals surface area contributed by atoms with Crippen LogP contribution in [0.25, 0.3) is 0 Å². The highest BCUT2D eigenvalue weighted by atomic mass is 16.3. The normalized spacial score (nSPS) is 34.9. The summed E-state index contributed by atoms with van der Waals surface area (Å²) in [5, 5.41) is 17.4. The number of rotatable bonds is 3. The third-order valence-electron chi connectivity index (χ3n) is 0.412. The van der Waals surface area contributed by atoms with E-state index in [9.17, 15) is 0 Å². The third kappa shape index (κ3) is 3.76. The maximum absolute atomic E-state index is 8.97. The van der Waals surface area contributed by atoms with Gasteiger partial charge in [-0.3, -0.25) is 0 Å². The Morgan fingerprint density at radius 1 is 2.00 bits per heavy atom. The molecular formula is C5H12O2. The molecule has 0 aromatic heterocycles. The average Bonchev–Trinajstić information content (AvgIpc) is 2.00. The van der Waals surface area contributed by atoms with E-state index < -0.39 is 32.3 Å². The summed E-state index contributed by atoms with van der Waals surface area (Å²) < 4.78 is 48.7. The molecule has 0 aliphatic carbocycles. The lowest BCUT2D eigenvalue weighted by Gasteiger charge is -2.01. The van der Waals surface area contributed by atoms with E-state index in [1.165, 1.54) is 0 Å². The van der Waals surface area contributed by atoms with Gasteiger partial charge in [0.2, 0.25) is 0 Å². The molecular weight excluding hydrogens is 92.1 g/mol. The quantitative estimate of drug-likeness (QED) is 0.544. The van der Waals surface area contributed by atoms with Crippen LogP contribution < -0.4 is 0 Å². The molecule has 0 bridgehead atoms. The van der Waals surface area contributed by atoms with Crippen LogP contribution in [0.1, 0.15) is 29.2 Å². The third-order valence-corrected chi connectivity index (χ3v) is 0.412. The zero-order valence-electron chi connectivity index (χ0n) is 10.7. The van der Waals surface area contributed by atoms with E-state index in [1.807, 2.05) is 0 Å². The number of hydrogen-bond donors (Lipinski definition) is 2. The average molecular weight is 111 g/mol. The van der Waals surface area contributed by atoms with Gasteiger partial charge < -0.3 is 10.2 Å². The van der Waals surface area contributed by atoms with Gasteiger partial charge in [0.25, 0.3) is 0 Å². The summed E-state index contributed by atoms with van der Waals surface area (Å²) in [6.07, 6.45) is -8.33. The molecule has 0 amide bonds. The van der Waals surface area contributed by atoms with Crippen molar-refractivity contribution >= 4 is 0 Å². The molecule has 2 heteroatoms. The molecule has 1 atom stereocenters. The molecule has 2 nitrogen and oxygen atoms in total. The fourth-order valence-electron chi connectivity index (χ4n) is 0.129. The molecule has 0 spiro atoms. The molecule has 0 fully saturated rings. The summed E-state index contributed by atoms with van der Waals surface area (Å²) >= 11 is 0. The first-order chi connectivity index (χ1) is 5.98. The monoisotopic (exact) mass is 111 g/mol. The standard InChI is InChI=1S/C5H12O2/c1-2-3-5(7)4-6/h5-7H,2-4H2,1H3/i1D3,2D2,3D2. The van der Waals surface area contributed by atoms with Crippen molar-refractivity contribution in [2.24, 2.45) is 0 Å². The number of hydrogen-bond acceptors (Lipinski definition) is 2. The van der Waals surface area contributed by atoms with Crippen LogP contribution in [0.3, 0.4) is 0 Å². The highest BCUT2D eigenvalue weighted by Crippen LogP contribution is 1.92. The molecule has 1 unspecified atom stereocenters. The second-order valence-electron chi connectivity index (χ2n) is 0.968. The van der Waals surface area contributed by atoms with Gasteiger partial charge in [-0.25, -0.2) is 0 Å². The SMILES string of the molecule is [2H]C([2H])([2H])C([2H])([2H])C([2H])([2H])C(O)CO. The molecule has 0 aromatic rings. The van der Waals surface area contributed by atoms with Crippen LogP contribution in [-0.4, -0.2) is 22.9 Å². The van der Waals surface area contributed by atoms with Crippen LogP contribution in [0, 0.1) is 0 Å². The summed E-state index contributed by atoms with van der Waals surface area (Å²) in [5.41, 5.74) is 0. The molecule has 2 N–H and O–H groups in total. The van der Waals surface area contributed by atoms with Crippen LogP contribution >= 0.6 is 0 Å². The zero-order chi connectivity index (χ0) is 11.8. The van der Waals surface area contributed by atoms with Crippen molar-refractivity contribution in [1.29, 1.82) is 0 Å². The Morgan fingerprint density at radius 3 is 3.14 bits per heavy atom. The summed E-state index contributed by atoms with van der Waals surface area (Å²) in [7, 11) is 0. The Kier molecular flexibility index (Phi) is 0.849. The van der Waals surface area contributed by atoms with Crippen LogP contribution in [-0.2, 0) is 0 Å². The molecule has 0 saturated carbocycles. The minimum Gasteiger partial charge on any atom is -0.394 e. The molecule has 7 heavy (non-hydrogen) atoms. The predicted octanol–water partition coefficient (Wildman–Crippen LogP) is 0.140. The maximum atomic E-state index is 8.97. The number of aliphatic hydroxyl groups is 2. The predicted molar refractivity (Wildman–Crippen MR) is 28.0 cm³/mol. The van der Waals surface area contributed by atoms with Crippen molar-refractivity contribution in [3.05, 3.63) is 0 Å². The highest BCUT2D eigenvalue weighted by molar-refractivity contribution is 4.48. The van der Waals surface area contributed by atoms with Crippen LogP contribution in [0.2, 0.25) is 0 Å². The molecule has 44 valence electrons. The van der Waals surface area contributed by atoms with Gasteiger partial charge in [-0.2, -0.15) is 0 Å². The Labute approximate surface area is 53.6 Å². The fraction of sp³-hybridized carbons (Fsp3) is 1.00. The highest BCUT2D eigenvalue weighted by Gasteiger charge is 1.95. The molecule has 0 rings (SSSR count). The van der Waals surface area contributed by atoms with Crippen LogP contribution in [0.15, 0.2) is 0 Å². The lowest BCUT2D eigenvalue weighted by atomic mass is 10.2. The van der Waals surface area contributed by atoms with Gasteiger partial charge in [0.05, 0.1) is 12.7 Å². The molecule has 0 aromatic carbocycles. The van der Waals surface area contributed by atoms with Crippen molar-refractivity contribution in [3.63, 3.8) is 0 Å². The second kappa shape index (κ2) is 4.09. The Morgan fingerprint density at radius 2 is 2.71 bits per heavy atom. The Bertz CT molecular complexity index is 199. The zero-order valence-corrected chi connectivity index (χ0v) is 3.68. The van der Waals surface area contributed by atoms with Gasteiger partial charge in [-0.1, -0.05) is 13.2 Å². The first-order valence-corrected chi connectivity index (χ1v) is 1.77. The van der Waals surface area contributed by atoms with E-state index in [0.29, 0.717) is 0 Å². The maximum Gasteiger partial charge on any atom is 0.0770 e. The molecule has 0 saturated heterocycles. The van der Waals surface area contributed by atoms with Crippen molar-refractivity contribution in [2.45, 2.75) is 25.7 Å². The Hall–Kier alpha value is -0.0800. The molecule has 0 aliphatic heterocycles. The van der Waals surface area contributed by atoms with E-state index in [-0.39, 0.29) is 0 Å². The van der Waals surface area contributed by atoms with E-state index in [4.69, 9.17) is 19.8 Å². The summed E-state index contributed by atoms with van der Waals surface area (Å²) in [5.74, 6) is 0. The lowest BCUT2D eigenvalue weighted by molar-refractivity contribution is 0.0877. The second-order valence-corrected chi connectivity index (χ2v) is 0.968. The summed E-state index contributed by atoms with van der Waals surface area (Å²) in [4.78, 5) is 0. The fourth-order valence-corrected chi connectivity index (χ4v) is 0.129. The van der Waals surface area contributed by atoms with Gasteiger partial charge in [0.1, 0.15) is 0 Å². The first kappa shape index (κ1) is 1.45. The van der Waals surface area contributed by atoms with Crippen molar-refractivity contribution in [3.8, 4) is 0 Å². The first-order valence-electron chi connectivity index (χ1n) is 5.27. The van der Waals surface area contributed by atoms with Gasteiger partial charge in [-0.05, 0) is 6.37 Å². The van der Waals surface area contributed by atoms with E-state index in [2.05, 4.69) is 0 Å². The van der Waals surface area contributed by atoms with Crippen LogP contribution in [0.4, 0.5) is 0 Å². The topological polar surface area (TPSA) is 40.5 Å². The Balaban J connectivity index is 5.07. The minimum atomic E-state index is -3.22. The van der Waals surface area contributed by atoms with Gasteiger partial charge >= 0.3 is 0 Å². The minimum absolute atomic E-state index is 1.04. The molecule has 0 aliphatic rings. The summed E-state index contributed by atoms with van der Waals surface area (Å²) in [6.45, 7) is -4.24. The van der Waals surface area contributed by atoms with E-state index >= 15 is 0 Å². The molecule has 0 heterocycles. The van der Waals surface area contributed by atoms with Gasteiger partial charge in [0.15, 0.2) is 0 Å². The van der Waals surface area contributed by atoms with Crippen molar-refractivity contribution < 1.29 is 19.8 Å². The van der Waals surface area contributed by atoms with Gasteiger partial charge in [0, 0.05) is 9.60 Å². The summed E-state index contributed by atoms with van der Waals surface area (Å²) in [6, 6.07) is 0.